The molecule has 1 amide bonds. The number of hydrogen-bond acceptors (Lipinski definition) is 4. The summed E-state index contributed by atoms with van der Waals surface area (Å²) < 4.78 is 4.96. The van der Waals surface area contributed by atoms with Crippen molar-refractivity contribution < 1.29 is 9.32 Å². The number of likely N-dealkylation sites (N-methyl/N-ethyl adjacent to an activating group) is 1. The summed E-state index contributed by atoms with van der Waals surface area (Å²) in [4.78, 5) is 17.0. The number of rotatable bonds is 3. The van der Waals surface area contributed by atoms with Crippen molar-refractivity contribution in [3.63, 3.8) is 0 Å². The van der Waals surface area contributed by atoms with Gasteiger partial charge < -0.3 is 14.3 Å². The summed E-state index contributed by atoms with van der Waals surface area (Å²) in [5.41, 5.74) is 3.95. The number of benzene rings is 1. The van der Waals surface area contributed by atoms with Crippen LogP contribution in [0.2, 0.25) is 5.22 Å². The Kier molecular flexibility index (Phi) is 4.81. The van der Waals surface area contributed by atoms with Gasteiger partial charge in [0, 0.05) is 43.9 Å². The smallest absolute Gasteiger partial charge is 0.229 e. The molecule has 1 aromatic carbocycles. The Morgan fingerprint density at radius 2 is 2.17 bits per heavy atom. The number of amides is 1. The van der Waals surface area contributed by atoms with Crippen LogP contribution in [0.5, 0.6) is 0 Å². The first-order valence-electron chi connectivity index (χ1n) is 8.16. The minimum Gasteiger partial charge on any atom is -0.372 e. The van der Waals surface area contributed by atoms with Crippen LogP contribution in [0.15, 0.2) is 28.8 Å². The van der Waals surface area contributed by atoms with Crippen LogP contribution >= 0.6 is 11.6 Å². The zero-order chi connectivity index (χ0) is 17.3. The van der Waals surface area contributed by atoms with E-state index in [1.54, 1.807) is 0 Å². The zero-order valence-electron chi connectivity index (χ0n) is 14.3. The number of para-hydroxylation sites is 1. The summed E-state index contributed by atoms with van der Waals surface area (Å²) >= 11 is 5.99. The lowest BCUT2D eigenvalue weighted by atomic mass is 10.1. The first-order chi connectivity index (χ1) is 11.5. The molecule has 1 atom stereocenters. The Bertz CT molecular complexity index is 724. The fourth-order valence-electron chi connectivity index (χ4n) is 3.30. The summed E-state index contributed by atoms with van der Waals surface area (Å²) in [5, 5.41) is 4.12. The van der Waals surface area contributed by atoms with Gasteiger partial charge in [-0.15, -0.1) is 0 Å². The molecule has 2 heterocycles. The van der Waals surface area contributed by atoms with Gasteiger partial charge in [-0.25, -0.2) is 0 Å². The average molecular weight is 348 g/mol. The Balaban J connectivity index is 1.74. The molecule has 24 heavy (non-hydrogen) atoms. The second-order valence-corrected chi connectivity index (χ2v) is 6.74. The predicted molar refractivity (Wildman–Crippen MR) is 94.3 cm³/mol. The van der Waals surface area contributed by atoms with Crippen LogP contribution in [0.3, 0.4) is 0 Å². The largest absolute Gasteiger partial charge is 0.372 e. The van der Waals surface area contributed by atoms with Crippen molar-refractivity contribution in [3.05, 3.63) is 46.3 Å². The number of anilines is 1. The molecule has 0 bridgehead atoms. The van der Waals surface area contributed by atoms with Gasteiger partial charge >= 0.3 is 0 Å². The SMILES string of the molecule is Cc1noc(Cl)c1CCC(=O)N1Cc2ccccc2N(C)CC1C. The van der Waals surface area contributed by atoms with E-state index in [-0.39, 0.29) is 17.2 Å². The van der Waals surface area contributed by atoms with Crippen LogP contribution in [0, 0.1) is 6.92 Å². The van der Waals surface area contributed by atoms with E-state index in [1.807, 2.05) is 24.0 Å². The number of hydrogen-bond donors (Lipinski definition) is 0. The molecule has 0 spiro atoms. The summed E-state index contributed by atoms with van der Waals surface area (Å²) in [6, 6.07) is 8.40. The molecule has 5 nitrogen and oxygen atoms in total. The van der Waals surface area contributed by atoms with Gasteiger partial charge in [0.15, 0.2) is 0 Å². The molecule has 0 N–H and O–H groups in total. The zero-order valence-corrected chi connectivity index (χ0v) is 15.0. The van der Waals surface area contributed by atoms with Gasteiger partial charge in [0.2, 0.25) is 11.1 Å². The Hall–Kier alpha value is -2.01. The van der Waals surface area contributed by atoms with E-state index in [4.69, 9.17) is 16.1 Å². The number of fused-ring (bicyclic) bond motifs is 1. The third kappa shape index (κ3) is 3.26. The summed E-state index contributed by atoms with van der Waals surface area (Å²) in [5.74, 6) is 0.129. The molecule has 1 unspecified atom stereocenters. The molecule has 2 aromatic rings. The van der Waals surface area contributed by atoms with Crippen molar-refractivity contribution in [3.8, 4) is 0 Å². The number of carbonyl (C=O) groups excluding carboxylic acids is 1. The van der Waals surface area contributed by atoms with Gasteiger partial charge in [0.05, 0.1) is 5.69 Å². The normalized spacial score (nSPS) is 17.6. The van der Waals surface area contributed by atoms with E-state index in [2.05, 4.69) is 36.2 Å². The highest BCUT2D eigenvalue weighted by molar-refractivity contribution is 6.29. The quantitative estimate of drug-likeness (QED) is 0.853. The van der Waals surface area contributed by atoms with Crippen LogP contribution in [0.25, 0.3) is 0 Å². The summed E-state index contributed by atoms with van der Waals surface area (Å²) in [7, 11) is 2.07. The third-order valence-electron chi connectivity index (χ3n) is 4.66. The van der Waals surface area contributed by atoms with E-state index in [9.17, 15) is 4.79 Å². The van der Waals surface area contributed by atoms with E-state index in [1.165, 1.54) is 11.3 Å². The fraction of sp³-hybridized carbons (Fsp3) is 0.444. The molecule has 0 radical (unpaired) electrons. The first kappa shape index (κ1) is 16.8. The third-order valence-corrected chi connectivity index (χ3v) is 4.96. The minimum absolute atomic E-state index is 0.129. The molecule has 1 aromatic heterocycles. The molecule has 0 saturated heterocycles. The molecule has 0 saturated carbocycles. The molecule has 1 aliphatic rings. The molecule has 6 heteroatoms. The van der Waals surface area contributed by atoms with E-state index < -0.39 is 0 Å². The topological polar surface area (TPSA) is 49.6 Å². The molecule has 0 aliphatic carbocycles. The van der Waals surface area contributed by atoms with Crippen LogP contribution in [0.1, 0.15) is 30.2 Å². The molecule has 128 valence electrons. The lowest BCUT2D eigenvalue weighted by molar-refractivity contribution is -0.133. The maximum atomic E-state index is 12.8. The molecule has 3 rings (SSSR count). The monoisotopic (exact) mass is 347 g/mol. The Morgan fingerprint density at radius 1 is 1.42 bits per heavy atom. The standard InChI is InChI=1S/C18H22ClN3O2/c1-12-10-21(3)16-7-5-4-6-14(16)11-22(12)17(23)9-8-15-13(2)20-24-18(15)19/h4-7,12H,8-11H2,1-3H3. The highest BCUT2D eigenvalue weighted by Gasteiger charge is 2.27. The lowest BCUT2D eigenvalue weighted by Gasteiger charge is -2.28. The lowest BCUT2D eigenvalue weighted by Crippen LogP contribution is -2.42. The highest BCUT2D eigenvalue weighted by Crippen LogP contribution is 2.27. The maximum absolute atomic E-state index is 12.8. The van der Waals surface area contributed by atoms with Gasteiger partial charge in [-0.05, 0) is 43.5 Å². The van der Waals surface area contributed by atoms with Crippen LogP contribution in [-0.2, 0) is 17.8 Å². The average Bonchev–Trinajstić information content (AvgIpc) is 2.81. The van der Waals surface area contributed by atoms with E-state index >= 15 is 0 Å². The second kappa shape index (κ2) is 6.85. The van der Waals surface area contributed by atoms with Gasteiger partial charge in [0.25, 0.3) is 0 Å². The van der Waals surface area contributed by atoms with Crippen molar-refractivity contribution in [2.75, 3.05) is 18.5 Å². The Labute approximate surface area is 147 Å². The molecular formula is C18H22ClN3O2. The number of halogens is 1. The number of nitrogens with zero attached hydrogens (tertiary/aromatic N) is 3. The van der Waals surface area contributed by atoms with E-state index in [0.29, 0.717) is 19.4 Å². The molecule has 0 fully saturated rings. The van der Waals surface area contributed by atoms with Crippen LogP contribution < -0.4 is 4.90 Å². The summed E-state index contributed by atoms with van der Waals surface area (Å²) in [6.07, 6.45) is 0.950. The van der Waals surface area contributed by atoms with Crippen molar-refractivity contribution in [1.82, 2.24) is 10.1 Å². The number of aromatic nitrogens is 1. The summed E-state index contributed by atoms with van der Waals surface area (Å²) in [6.45, 7) is 5.39. The van der Waals surface area contributed by atoms with Crippen molar-refractivity contribution in [2.45, 2.75) is 39.3 Å². The van der Waals surface area contributed by atoms with Gasteiger partial charge in [0.1, 0.15) is 0 Å². The van der Waals surface area contributed by atoms with Gasteiger partial charge in [-0.3, -0.25) is 4.79 Å². The van der Waals surface area contributed by atoms with Gasteiger partial charge in [-0.1, -0.05) is 23.4 Å². The minimum atomic E-state index is 0.129. The van der Waals surface area contributed by atoms with E-state index in [0.717, 1.165) is 17.8 Å². The second-order valence-electron chi connectivity index (χ2n) is 6.40. The van der Waals surface area contributed by atoms with Crippen molar-refractivity contribution in [2.24, 2.45) is 0 Å². The Morgan fingerprint density at radius 3 is 2.88 bits per heavy atom. The molecule has 1 aliphatic heterocycles. The predicted octanol–water partition coefficient (Wildman–Crippen LogP) is 3.44. The number of carbonyl (C=O) groups is 1. The fourth-order valence-corrected chi connectivity index (χ4v) is 3.56. The van der Waals surface area contributed by atoms with Gasteiger partial charge in [-0.2, -0.15) is 0 Å². The maximum Gasteiger partial charge on any atom is 0.229 e. The van der Waals surface area contributed by atoms with Crippen molar-refractivity contribution in [1.29, 1.82) is 0 Å². The van der Waals surface area contributed by atoms with Crippen LogP contribution in [-0.4, -0.2) is 35.6 Å². The number of aryl methyl sites for hydroxylation is 1. The molecular weight excluding hydrogens is 326 g/mol. The highest BCUT2D eigenvalue weighted by atomic mass is 35.5. The van der Waals surface area contributed by atoms with Crippen molar-refractivity contribution >= 4 is 23.2 Å². The first-order valence-corrected chi connectivity index (χ1v) is 8.54. The van der Waals surface area contributed by atoms with Crippen LogP contribution in [0.4, 0.5) is 5.69 Å².